The Balaban J connectivity index is 1.90. The molecular weight excluding hydrogens is 314 g/mol. The van der Waals surface area contributed by atoms with Crippen LogP contribution in [0.3, 0.4) is 0 Å². The summed E-state index contributed by atoms with van der Waals surface area (Å²) in [6, 6.07) is 0.535. The zero-order chi connectivity index (χ0) is 17.0. The molecule has 2 saturated heterocycles. The van der Waals surface area contributed by atoms with Crippen molar-refractivity contribution >= 4 is 10.2 Å². The summed E-state index contributed by atoms with van der Waals surface area (Å²) in [5.74, 6) is 0.433. The predicted octanol–water partition coefficient (Wildman–Crippen LogP) is 1.39. The lowest BCUT2D eigenvalue weighted by Gasteiger charge is -2.38. The second kappa shape index (κ2) is 8.25. The minimum Gasteiger partial charge on any atom is -0.381 e. The molecule has 7 heteroatoms. The van der Waals surface area contributed by atoms with Crippen molar-refractivity contribution in [2.75, 3.05) is 46.9 Å². The predicted molar refractivity (Wildman–Crippen MR) is 92.6 cm³/mol. The number of hydrogen-bond donors (Lipinski definition) is 0. The Kier molecular flexibility index (Phi) is 6.86. The van der Waals surface area contributed by atoms with Gasteiger partial charge in [-0.1, -0.05) is 0 Å². The van der Waals surface area contributed by atoms with E-state index in [1.54, 1.807) is 22.8 Å². The van der Waals surface area contributed by atoms with E-state index in [0.29, 0.717) is 31.6 Å². The van der Waals surface area contributed by atoms with Crippen LogP contribution in [-0.4, -0.2) is 81.0 Å². The highest BCUT2D eigenvalue weighted by Gasteiger charge is 2.33. The molecule has 0 N–H and O–H groups in total. The van der Waals surface area contributed by atoms with Crippen LogP contribution in [0, 0.1) is 5.92 Å². The first kappa shape index (κ1) is 19.1. The molecule has 0 aromatic carbocycles. The zero-order valence-electron chi connectivity index (χ0n) is 15.1. The topological polar surface area (TPSA) is 53.1 Å². The van der Waals surface area contributed by atoms with Gasteiger partial charge in [-0.05, 0) is 52.0 Å². The molecule has 23 heavy (non-hydrogen) atoms. The Labute approximate surface area is 141 Å². The third-order valence-corrected chi connectivity index (χ3v) is 7.20. The van der Waals surface area contributed by atoms with Crippen molar-refractivity contribution in [3.63, 3.8) is 0 Å². The van der Waals surface area contributed by atoms with Gasteiger partial charge < -0.3 is 9.64 Å². The van der Waals surface area contributed by atoms with Crippen molar-refractivity contribution in [3.8, 4) is 0 Å². The molecule has 136 valence electrons. The van der Waals surface area contributed by atoms with Gasteiger partial charge in [-0.25, -0.2) is 0 Å². The van der Waals surface area contributed by atoms with Crippen molar-refractivity contribution in [3.05, 3.63) is 0 Å². The van der Waals surface area contributed by atoms with Gasteiger partial charge in [-0.15, -0.1) is 0 Å². The number of methoxy groups -OCH3 is 1. The molecule has 2 aliphatic rings. The molecule has 2 heterocycles. The van der Waals surface area contributed by atoms with Crippen molar-refractivity contribution < 1.29 is 13.2 Å². The minimum atomic E-state index is -3.34. The summed E-state index contributed by atoms with van der Waals surface area (Å²) in [5.41, 5.74) is 0. The Morgan fingerprint density at radius 1 is 1.17 bits per heavy atom. The van der Waals surface area contributed by atoms with Crippen molar-refractivity contribution in [1.29, 1.82) is 0 Å². The Hall–Kier alpha value is -0.210. The molecule has 0 bridgehead atoms. The van der Waals surface area contributed by atoms with Crippen LogP contribution in [0.2, 0.25) is 0 Å². The maximum absolute atomic E-state index is 12.8. The van der Waals surface area contributed by atoms with Crippen LogP contribution >= 0.6 is 0 Å². The molecule has 6 nitrogen and oxygen atoms in total. The molecule has 0 amide bonds. The van der Waals surface area contributed by atoms with E-state index in [-0.39, 0.29) is 6.10 Å². The van der Waals surface area contributed by atoms with Crippen LogP contribution in [0.15, 0.2) is 0 Å². The smallest absolute Gasteiger partial charge is 0.281 e. The molecule has 2 rings (SSSR count). The first-order chi connectivity index (χ1) is 10.8. The molecule has 0 radical (unpaired) electrons. The fourth-order valence-corrected chi connectivity index (χ4v) is 5.13. The van der Waals surface area contributed by atoms with E-state index < -0.39 is 10.2 Å². The summed E-state index contributed by atoms with van der Waals surface area (Å²) in [6.45, 7) is 8.31. The first-order valence-corrected chi connectivity index (χ1v) is 10.2. The Morgan fingerprint density at radius 3 is 2.39 bits per heavy atom. The van der Waals surface area contributed by atoms with Gasteiger partial charge in [-0.2, -0.15) is 17.0 Å². The van der Waals surface area contributed by atoms with E-state index in [0.717, 1.165) is 38.8 Å². The fourth-order valence-electron chi connectivity index (χ4n) is 3.67. The third kappa shape index (κ3) is 4.89. The number of rotatable bonds is 6. The Bertz CT molecular complexity index is 461. The monoisotopic (exact) mass is 347 g/mol. The van der Waals surface area contributed by atoms with Crippen LogP contribution in [0.5, 0.6) is 0 Å². The first-order valence-electron chi connectivity index (χ1n) is 8.82. The molecule has 0 aliphatic carbocycles. The number of piperidine rings is 2. The summed E-state index contributed by atoms with van der Waals surface area (Å²) in [7, 11) is 0.0889. The summed E-state index contributed by atoms with van der Waals surface area (Å²) in [5, 5.41) is 0. The van der Waals surface area contributed by atoms with Crippen molar-refractivity contribution in [1.82, 2.24) is 13.5 Å². The highest BCUT2D eigenvalue weighted by Crippen LogP contribution is 2.22. The van der Waals surface area contributed by atoms with Gasteiger partial charge in [0.05, 0.1) is 6.10 Å². The Morgan fingerprint density at radius 2 is 1.83 bits per heavy atom. The van der Waals surface area contributed by atoms with E-state index in [2.05, 4.69) is 18.7 Å². The molecule has 0 saturated carbocycles. The lowest BCUT2D eigenvalue weighted by Crippen LogP contribution is -2.49. The van der Waals surface area contributed by atoms with Crippen LogP contribution in [0.1, 0.15) is 39.5 Å². The van der Waals surface area contributed by atoms with Crippen LogP contribution in [0.25, 0.3) is 0 Å². The minimum absolute atomic E-state index is 0.199. The van der Waals surface area contributed by atoms with Gasteiger partial charge in [0, 0.05) is 46.4 Å². The van der Waals surface area contributed by atoms with Crippen LogP contribution in [-0.2, 0) is 14.9 Å². The van der Waals surface area contributed by atoms with Crippen LogP contribution < -0.4 is 0 Å². The van der Waals surface area contributed by atoms with E-state index in [4.69, 9.17) is 4.74 Å². The largest absolute Gasteiger partial charge is 0.381 e. The number of ether oxygens (including phenoxy) is 1. The number of hydrogen-bond acceptors (Lipinski definition) is 4. The summed E-state index contributed by atoms with van der Waals surface area (Å²) in [4.78, 5) is 2.46. The molecule has 2 aliphatic heterocycles. The summed E-state index contributed by atoms with van der Waals surface area (Å²) in [6.07, 6.45) is 4.05. The molecule has 2 fully saturated rings. The standard InChI is InChI=1S/C16H33N3O3S/c1-14(2)18-9-5-6-15(13-18)12-17(3)23(20,21)19-10-7-16(22-4)8-11-19/h14-16H,5-13H2,1-4H3. The van der Waals surface area contributed by atoms with Gasteiger partial charge in [-0.3, -0.25) is 0 Å². The molecule has 1 atom stereocenters. The summed E-state index contributed by atoms with van der Waals surface area (Å²) >= 11 is 0. The van der Waals surface area contributed by atoms with Gasteiger partial charge in [0.2, 0.25) is 0 Å². The zero-order valence-corrected chi connectivity index (χ0v) is 15.9. The molecule has 0 aromatic rings. The van der Waals surface area contributed by atoms with Crippen molar-refractivity contribution in [2.24, 2.45) is 5.92 Å². The SMILES string of the molecule is COC1CCN(S(=O)(=O)N(C)CC2CCCN(C(C)C)C2)CC1. The fraction of sp³-hybridized carbons (Fsp3) is 1.00. The van der Waals surface area contributed by atoms with E-state index in [9.17, 15) is 8.42 Å². The molecule has 0 aromatic heterocycles. The average Bonchev–Trinajstić information content (AvgIpc) is 2.55. The molecular formula is C16H33N3O3S. The highest BCUT2D eigenvalue weighted by molar-refractivity contribution is 7.86. The summed E-state index contributed by atoms with van der Waals surface area (Å²) < 4.78 is 34.0. The van der Waals surface area contributed by atoms with Gasteiger partial charge in [0.25, 0.3) is 10.2 Å². The third-order valence-electron chi connectivity index (χ3n) is 5.25. The second-order valence-corrected chi connectivity index (χ2v) is 9.25. The second-order valence-electron chi connectivity index (χ2n) is 7.22. The van der Waals surface area contributed by atoms with Gasteiger partial charge in [0.1, 0.15) is 0 Å². The number of nitrogens with zero attached hydrogens (tertiary/aromatic N) is 3. The van der Waals surface area contributed by atoms with Gasteiger partial charge >= 0.3 is 0 Å². The molecule has 0 spiro atoms. The lowest BCUT2D eigenvalue weighted by atomic mass is 9.97. The maximum atomic E-state index is 12.8. The van der Waals surface area contributed by atoms with E-state index >= 15 is 0 Å². The van der Waals surface area contributed by atoms with Crippen molar-refractivity contribution in [2.45, 2.75) is 51.7 Å². The highest BCUT2D eigenvalue weighted by atomic mass is 32.2. The van der Waals surface area contributed by atoms with E-state index in [1.807, 2.05) is 0 Å². The van der Waals surface area contributed by atoms with E-state index in [1.165, 1.54) is 0 Å². The molecule has 1 unspecified atom stereocenters. The average molecular weight is 348 g/mol. The number of likely N-dealkylation sites (tertiary alicyclic amines) is 1. The van der Waals surface area contributed by atoms with Crippen LogP contribution in [0.4, 0.5) is 0 Å². The quantitative estimate of drug-likeness (QED) is 0.729. The normalized spacial score (nSPS) is 26.3. The van der Waals surface area contributed by atoms with Gasteiger partial charge in [0.15, 0.2) is 0 Å². The maximum Gasteiger partial charge on any atom is 0.281 e. The lowest BCUT2D eigenvalue weighted by molar-refractivity contribution is 0.0589.